The molecule has 0 radical (unpaired) electrons. The number of aryl methyl sites for hydroxylation is 1. The molecule has 8 heteroatoms. The summed E-state index contributed by atoms with van der Waals surface area (Å²) in [6.45, 7) is 1.14. The Morgan fingerprint density at radius 1 is 1.33 bits per heavy atom. The number of anilines is 1. The second kappa shape index (κ2) is 7.71. The molecule has 0 saturated carbocycles. The maximum Gasteiger partial charge on any atom is 0.220 e. The number of amides is 1. The lowest BCUT2D eigenvalue weighted by molar-refractivity contribution is -0.122. The minimum atomic E-state index is -0.643. The number of benzene rings is 1. The number of carbonyl (C=O) groups excluding carboxylic acids is 1. The van der Waals surface area contributed by atoms with E-state index in [1.54, 1.807) is 18.6 Å². The number of fused-ring (bicyclic) bond motifs is 1. The molecular weight excluding hydrogens is 344 g/mol. The first-order valence-electron chi connectivity index (χ1n) is 9.11. The molecule has 1 aliphatic heterocycles. The first-order chi connectivity index (χ1) is 13.2. The lowest BCUT2D eigenvalue weighted by atomic mass is 10.0. The van der Waals surface area contributed by atoms with Crippen molar-refractivity contribution >= 4 is 22.8 Å². The van der Waals surface area contributed by atoms with Crippen molar-refractivity contribution in [3.05, 3.63) is 48.7 Å². The Morgan fingerprint density at radius 3 is 3.00 bits per heavy atom. The van der Waals surface area contributed by atoms with E-state index in [0.29, 0.717) is 32.4 Å². The van der Waals surface area contributed by atoms with Crippen LogP contribution in [-0.4, -0.2) is 56.2 Å². The van der Waals surface area contributed by atoms with Gasteiger partial charge in [-0.15, -0.1) is 0 Å². The molecule has 0 bridgehead atoms. The molecule has 8 nitrogen and oxygen atoms in total. The molecule has 1 fully saturated rings. The molecule has 1 aliphatic rings. The summed E-state index contributed by atoms with van der Waals surface area (Å²) in [6.07, 6.45) is 5.82. The summed E-state index contributed by atoms with van der Waals surface area (Å²) in [6, 6.07) is 7.55. The van der Waals surface area contributed by atoms with Gasteiger partial charge in [-0.2, -0.15) is 0 Å². The minimum Gasteiger partial charge on any atom is -0.389 e. The molecule has 0 unspecified atom stereocenters. The number of hydrogen-bond acceptors (Lipinski definition) is 6. The Kier molecular flexibility index (Phi) is 4.97. The molecule has 3 heterocycles. The number of aromatic amines is 1. The van der Waals surface area contributed by atoms with E-state index in [9.17, 15) is 9.90 Å². The fraction of sp³-hybridized carbons (Fsp3) is 0.368. The van der Waals surface area contributed by atoms with Crippen LogP contribution < -0.4 is 10.2 Å². The summed E-state index contributed by atoms with van der Waals surface area (Å²) in [7, 11) is 0. The van der Waals surface area contributed by atoms with E-state index in [1.807, 2.05) is 29.2 Å². The zero-order valence-corrected chi connectivity index (χ0v) is 14.9. The van der Waals surface area contributed by atoms with Crippen LogP contribution in [0.1, 0.15) is 18.7 Å². The summed E-state index contributed by atoms with van der Waals surface area (Å²) >= 11 is 0. The van der Waals surface area contributed by atoms with Crippen molar-refractivity contribution in [2.24, 2.45) is 0 Å². The Bertz CT molecular complexity index is 880. The number of nitrogens with one attached hydrogen (secondary N) is 2. The fourth-order valence-corrected chi connectivity index (χ4v) is 3.40. The van der Waals surface area contributed by atoms with Crippen molar-refractivity contribution in [3.63, 3.8) is 0 Å². The predicted molar refractivity (Wildman–Crippen MR) is 101 cm³/mol. The number of nitrogens with zero attached hydrogens (tertiary/aromatic N) is 4. The molecule has 1 saturated heterocycles. The zero-order chi connectivity index (χ0) is 18.6. The summed E-state index contributed by atoms with van der Waals surface area (Å²) < 4.78 is 0. The molecule has 3 N–H and O–H groups in total. The molecule has 1 amide bonds. The average molecular weight is 366 g/mol. The Morgan fingerprint density at radius 2 is 2.22 bits per heavy atom. The third-order valence-electron chi connectivity index (χ3n) is 4.83. The zero-order valence-electron chi connectivity index (χ0n) is 14.9. The number of aliphatic hydroxyl groups is 1. The maximum absolute atomic E-state index is 12.3. The van der Waals surface area contributed by atoms with E-state index in [4.69, 9.17) is 0 Å². The van der Waals surface area contributed by atoms with Crippen LogP contribution in [0.4, 0.5) is 5.82 Å². The molecule has 0 spiro atoms. The van der Waals surface area contributed by atoms with Crippen LogP contribution in [-0.2, 0) is 11.2 Å². The second-order valence-electron chi connectivity index (χ2n) is 6.74. The molecule has 3 aromatic rings. The van der Waals surface area contributed by atoms with Gasteiger partial charge in [-0.1, -0.05) is 12.1 Å². The van der Waals surface area contributed by atoms with Gasteiger partial charge in [0.15, 0.2) is 0 Å². The smallest absolute Gasteiger partial charge is 0.220 e. The van der Waals surface area contributed by atoms with Crippen LogP contribution in [0.3, 0.4) is 0 Å². The van der Waals surface area contributed by atoms with E-state index < -0.39 is 6.10 Å². The number of aromatic nitrogens is 4. The third-order valence-corrected chi connectivity index (χ3v) is 4.83. The number of hydrogen-bond donors (Lipinski definition) is 3. The molecule has 4 rings (SSSR count). The van der Waals surface area contributed by atoms with Crippen molar-refractivity contribution < 1.29 is 9.90 Å². The van der Waals surface area contributed by atoms with Gasteiger partial charge in [0.25, 0.3) is 0 Å². The number of imidazole rings is 1. The van der Waals surface area contributed by atoms with Gasteiger partial charge in [0.05, 0.1) is 29.4 Å². The van der Waals surface area contributed by atoms with Gasteiger partial charge in [-0.05, 0) is 18.6 Å². The highest BCUT2D eigenvalue weighted by molar-refractivity contribution is 5.77. The number of aliphatic hydroxyl groups excluding tert-OH is 1. The lowest BCUT2D eigenvalue weighted by Crippen LogP contribution is -2.54. The molecule has 27 heavy (non-hydrogen) atoms. The standard InChI is InChI=1S/C19H22N6O2/c26-16-12-25(18-11-20-8-9-21-18)10-7-15(16)24-19(27)6-5-17-22-13-3-1-2-4-14(13)23-17/h1-4,8-9,11,15-16,26H,5-7,10,12H2,(H,22,23)(H,24,27)/t15-,16-/m1/s1. The van der Waals surface area contributed by atoms with Gasteiger partial charge < -0.3 is 20.3 Å². The van der Waals surface area contributed by atoms with E-state index >= 15 is 0 Å². The van der Waals surface area contributed by atoms with Gasteiger partial charge in [0.1, 0.15) is 11.6 Å². The number of H-pyrrole nitrogens is 1. The predicted octanol–water partition coefficient (Wildman–Crippen LogP) is 1.04. The van der Waals surface area contributed by atoms with Gasteiger partial charge in [-0.3, -0.25) is 9.78 Å². The van der Waals surface area contributed by atoms with Gasteiger partial charge in [0.2, 0.25) is 5.91 Å². The normalized spacial score (nSPS) is 20.0. The van der Waals surface area contributed by atoms with Gasteiger partial charge in [0, 0.05) is 38.3 Å². The van der Waals surface area contributed by atoms with Crippen molar-refractivity contribution in [1.29, 1.82) is 0 Å². The van der Waals surface area contributed by atoms with Crippen LogP contribution in [0.15, 0.2) is 42.9 Å². The lowest BCUT2D eigenvalue weighted by Gasteiger charge is -2.36. The molecular formula is C19H22N6O2. The summed E-state index contributed by atoms with van der Waals surface area (Å²) in [5.41, 5.74) is 1.87. The molecule has 2 aromatic heterocycles. The van der Waals surface area contributed by atoms with Crippen LogP contribution in [0.5, 0.6) is 0 Å². The summed E-state index contributed by atoms with van der Waals surface area (Å²) in [5.74, 6) is 1.46. The van der Waals surface area contributed by atoms with E-state index in [0.717, 1.165) is 22.7 Å². The summed E-state index contributed by atoms with van der Waals surface area (Å²) in [5, 5.41) is 13.4. The molecule has 0 aliphatic carbocycles. The van der Waals surface area contributed by atoms with Crippen molar-refractivity contribution in [2.45, 2.75) is 31.4 Å². The fourth-order valence-electron chi connectivity index (χ4n) is 3.40. The minimum absolute atomic E-state index is 0.0764. The van der Waals surface area contributed by atoms with Gasteiger partial charge >= 0.3 is 0 Å². The topological polar surface area (TPSA) is 107 Å². The highest BCUT2D eigenvalue weighted by Gasteiger charge is 2.29. The van der Waals surface area contributed by atoms with Crippen LogP contribution >= 0.6 is 0 Å². The van der Waals surface area contributed by atoms with Crippen LogP contribution in [0.2, 0.25) is 0 Å². The summed E-state index contributed by atoms with van der Waals surface area (Å²) in [4.78, 5) is 30.3. The monoisotopic (exact) mass is 366 g/mol. The molecule has 2 atom stereocenters. The Balaban J connectivity index is 1.28. The van der Waals surface area contributed by atoms with E-state index in [1.165, 1.54) is 0 Å². The largest absolute Gasteiger partial charge is 0.389 e. The average Bonchev–Trinajstić information content (AvgIpc) is 3.12. The Hall–Kier alpha value is -3.00. The highest BCUT2D eigenvalue weighted by atomic mass is 16.3. The number of rotatable bonds is 5. The van der Waals surface area contributed by atoms with Crippen LogP contribution in [0.25, 0.3) is 11.0 Å². The van der Waals surface area contributed by atoms with Crippen molar-refractivity contribution in [3.8, 4) is 0 Å². The first kappa shape index (κ1) is 17.4. The highest BCUT2D eigenvalue weighted by Crippen LogP contribution is 2.17. The number of piperidine rings is 1. The number of para-hydroxylation sites is 2. The van der Waals surface area contributed by atoms with Crippen molar-refractivity contribution in [1.82, 2.24) is 25.3 Å². The van der Waals surface area contributed by atoms with E-state index in [-0.39, 0.29) is 11.9 Å². The SMILES string of the molecule is O=C(CCc1nc2ccccc2[nH]1)N[C@@H]1CCN(c2cnccn2)C[C@H]1O. The Labute approximate surface area is 156 Å². The third kappa shape index (κ3) is 4.06. The van der Waals surface area contributed by atoms with Gasteiger partial charge in [-0.25, -0.2) is 9.97 Å². The molecule has 1 aromatic carbocycles. The quantitative estimate of drug-likeness (QED) is 0.623. The maximum atomic E-state index is 12.3. The first-order valence-corrected chi connectivity index (χ1v) is 9.11. The molecule has 140 valence electrons. The number of carbonyl (C=O) groups is 1. The van der Waals surface area contributed by atoms with E-state index in [2.05, 4.69) is 25.3 Å². The number of β-amino-alcohol motifs (C(OH)–C–C–N with tert-alkyl or cyclic N) is 1. The second-order valence-corrected chi connectivity index (χ2v) is 6.74. The van der Waals surface area contributed by atoms with Crippen molar-refractivity contribution in [2.75, 3.05) is 18.0 Å². The van der Waals surface area contributed by atoms with Crippen LogP contribution in [0, 0.1) is 0 Å².